The third-order valence-corrected chi connectivity index (χ3v) is 4.09. The molecule has 0 fully saturated rings. The van der Waals surface area contributed by atoms with E-state index in [9.17, 15) is 4.79 Å². The molecule has 0 unspecified atom stereocenters. The summed E-state index contributed by atoms with van der Waals surface area (Å²) < 4.78 is 5.20. The van der Waals surface area contributed by atoms with E-state index in [0.717, 1.165) is 21.9 Å². The van der Waals surface area contributed by atoms with Crippen LogP contribution in [0.5, 0.6) is 5.75 Å². The van der Waals surface area contributed by atoms with Crippen molar-refractivity contribution in [2.75, 3.05) is 12.4 Å². The van der Waals surface area contributed by atoms with E-state index < -0.39 is 0 Å². The van der Waals surface area contributed by atoms with Crippen LogP contribution in [0.1, 0.15) is 5.56 Å². The summed E-state index contributed by atoms with van der Waals surface area (Å²) in [6.45, 7) is 0. The molecule has 0 saturated carbocycles. The van der Waals surface area contributed by atoms with E-state index in [1.54, 1.807) is 13.2 Å². The van der Waals surface area contributed by atoms with Crippen molar-refractivity contribution in [2.24, 2.45) is 0 Å². The van der Waals surface area contributed by atoms with Gasteiger partial charge in [0.15, 0.2) is 0 Å². The summed E-state index contributed by atoms with van der Waals surface area (Å²) in [5.41, 5.74) is 1.86. The fraction of sp³-hybridized carbons (Fsp3) is 0.0556. The summed E-state index contributed by atoms with van der Waals surface area (Å²) in [5.74, 6) is 0.506. The summed E-state index contributed by atoms with van der Waals surface area (Å²) in [6, 6.07) is 17.2. The molecule has 1 aromatic heterocycles. The van der Waals surface area contributed by atoms with Gasteiger partial charge in [0.05, 0.1) is 7.11 Å². The molecule has 6 heteroatoms. The molecule has 0 bridgehead atoms. The molecule has 0 atom stereocenters. The van der Waals surface area contributed by atoms with Crippen molar-refractivity contribution in [2.45, 2.75) is 0 Å². The predicted octanol–water partition coefficient (Wildman–Crippen LogP) is 3.87. The molecule has 1 heterocycles. The average Bonchev–Trinajstić information content (AvgIpc) is 3.09. The fourth-order valence-electron chi connectivity index (χ4n) is 2.03. The first kappa shape index (κ1) is 15.9. The molecular formula is C18H15N3O2S. The second-order valence-electron chi connectivity index (χ2n) is 4.88. The minimum atomic E-state index is -0.243. The highest BCUT2D eigenvalue weighted by Crippen LogP contribution is 2.28. The summed E-state index contributed by atoms with van der Waals surface area (Å²) in [4.78, 5) is 12.0. The van der Waals surface area contributed by atoms with Crippen LogP contribution in [0.2, 0.25) is 0 Å². The molecule has 3 rings (SSSR count). The first-order valence-corrected chi connectivity index (χ1v) is 8.08. The Kier molecular flexibility index (Phi) is 4.98. The molecule has 3 aromatic rings. The second kappa shape index (κ2) is 7.52. The summed E-state index contributed by atoms with van der Waals surface area (Å²) >= 11 is 1.31. The number of benzene rings is 2. The molecule has 1 amide bonds. The first-order chi connectivity index (χ1) is 11.7. The van der Waals surface area contributed by atoms with Crippen molar-refractivity contribution >= 4 is 28.5 Å². The quantitative estimate of drug-likeness (QED) is 0.718. The molecular weight excluding hydrogens is 322 g/mol. The minimum absolute atomic E-state index is 0.243. The lowest BCUT2D eigenvalue weighted by Crippen LogP contribution is -2.07. The van der Waals surface area contributed by atoms with Crippen LogP contribution < -0.4 is 10.1 Å². The molecule has 0 aliphatic carbocycles. The van der Waals surface area contributed by atoms with E-state index in [2.05, 4.69) is 15.5 Å². The first-order valence-electron chi connectivity index (χ1n) is 7.26. The lowest BCUT2D eigenvalue weighted by molar-refractivity contribution is -0.111. The Labute approximate surface area is 143 Å². The number of methoxy groups -OCH3 is 1. The van der Waals surface area contributed by atoms with Gasteiger partial charge in [-0.15, -0.1) is 10.2 Å². The van der Waals surface area contributed by atoms with Crippen LogP contribution >= 0.6 is 11.3 Å². The van der Waals surface area contributed by atoms with Crippen LogP contribution in [0.4, 0.5) is 5.13 Å². The second-order valence-corrected chi connectivity index (χ2v) is 5.86. The van der Waals surface area contributed by atoms with Crippen LogP contribution in [0.15, 0.2) is 60.7 Å². The van der Waals surface area contributed by atoms with Crippen LogP contribution in [-0.4, -0.2) is 23.2 Å². The molecule has 5 nitrogen and oxygen atoms in total. The van der Waals surface area contributed by atoms with Gasteiger partial charge in [0.25, 0.3) is 0 Å². The van der Waals surface area contributed by atoms with Gasteiger partial charge in [-0.05, 0) is 23.8 Å². The van der Waals surface area contributed by atoms with Crippen molar-refractivity contribution in [3.63, 3.8) is 0 Å². The molecule has 0 saturated heterocycles. The highest BCUT2D eigenvalue weighted by molar-refractivity contribution is 7.18. The Bertz CT molecular complexity index is 859. The van der Waals surface area contributed by atoms with Crippen molar-refractivity contribution in [1.29, 1.82) is 0 Å². The number of carbonyl (C=O) groups excluding carboxylic acids is 1. The van der Waals surface area contributed by atoms with Gasteiger partial charge < -0.3 is 4.74 Å². The standard InChI is InChI=1S/C18H15N3O2S/c1-23-15-9-5-8-14(12-15)17-20-21-18(24-17)19-16(22)11-10-13-6-3-2-4-7-13/h2-12H,1H3,(H,19,21,22)/b11-10+. The van der Waals surface area contributed by atoms with Gasteiger partial charge >= 0.3 is 0 Å². The average molecular weight is 337 g/mol. The van der Waals surface area contributed by atoms with Crippen molar-refractivity contribution < 1.29 is 9.53 Å². The number of carbonyl (C=O) groups is 1. The van der Waals surface area contributed by atoms with Gasteiger partial charge in [-0.2, -0.15) is 0 Å². The zero-order valence-electron chi connectivity index (χ0n) is 13.0. The van der Waals surface area contributed by atoms with Crippen molar-refractivity contribution in [1.82, 2.24) is 10.2 Å². The van der Waals surface area contributed by atoms with Crippen LogP contribution in [0.3, 0.4) is 0 Å². The number of rotatable bonds is 5. The molecule has 0 spiro atoms. The van der Waals surface area contributed by atoms with Gasteiger partial charge in [0, 0.05) is 11.6 Å². The Morgan fingerprint density at radius 2 is 1.96 bits per heavy atom. The number of hydrogen-bond acceptors (Lipinski definition) is 5. The molecule has 0 aliphatic rings. The number of anilines is 1. The van der Waals surface area contributed by atoms with E-state index >= 15 is 0 Å². The monoisotopic (exact) mass is 337 g/mol. The van der Waals surface area contributed by atoms with Crippen LogP contribution in [0.25, 0.3) is 16.6 Å². The van der Waals surface area contributed by atoms with Crippen molar-refractivity contribution in [3.8, 4) is 16.3 Å². The van der Waals surface area contributed by atoms with Gasteiger partial charge in [-0.25, -0.2) is 0 Å². The molecule has 1 N–H and O–H groups in total. The SMILES string of the molecule is COc1cccc(-c2nnc(NC(=O)/C=C/c3ccccc3)s2)c1. The van der Waals surface area contributed by atoms with E-state index in [0.29, 0.717) is 5.13 Å². The lowest BCUT2D eigenvalue weighted by Gasteiger charge is -2.00. The van der Waals surface area contributed by atoms with Gasteiger partial charge in [-0.1, -0.05) is 53.8 Å². The highest BCUT2D eigenvalue weighted by atomic mass is 32.1. The minimum Gasteiger partial charge on any atom is -0.497 e. The molecule has 0 aliphatic heterocycles. The third-order valence-electron chi connectivity index (χ3n) is 3.20. The number of ether oxygens (including phenoxy) is 1. The normalized spacial score (nSPS) is 10.7. The van der Waals surface area contributed by atoms with E-state index in [-0.39, 0.29) is 5.91 Å². The topological polar surface area (TPSA) is 64.1 Å². The molecule has 0 radical (unpaired) electrons. The zero-order valence-corrected chi connectivity index (χ0v) is 13.8. The Morgan fingerprint density at radius 1 is 1.12 bits per heavy atom. The maximum atomic E-state index is 12.0. The van der Waals surface area contributed by atoms with E-state index in [1.165, 1.54) is 17.4 Å². The van der Waals surface area contributed by atoms with Gasteiger partial charge in [-0.3, -0.25) is 10.1 Å². The predicted molar refractivity (Wildman–Crippen MR) is 96.0 cm³/mol. The largest absolute Gasteiger partial charge is 0.497 e. The summed E-state index contributed by atoms with van der Waals surface area (Å²) in [6.07, 6.45) is 3.22. The maximum absolute atomic E-state index is 12.0. The van der Waals surface area contributed by atoms with E-state index in [4.69, 9.17) is 4.74 Å². The number of hydrogen-bond donors (Lipinski definition) is 1. The lowest BCUT2D eigenvalue weighted by atomic mass is 10.2. The number of aromatic nitrogens is 2. The van der Waals surface area contributed by atoms with Crippen molar-refractivity contribution in [3.05, 3.63) is 66.2 Å². The Hall–Kier alpha value is -2.99. The third kappa shape index (κ3) is 4.05. The van der Waals surface area contributed by atoms with Crippen LogP contribution in [-0.2, 0) is 4.79 Å². The summed E-state index contributed by atoms with van der Waals surface area (Å²) in [7, 11) is 1.62. The van der Waals surface area contributed by atoms with Crippen LogP contribution in [0, 0.1) is 0 Å². The smallest absolute Gasteiger partial charge is 0.250 e. The highest BCUT2D eigenvalue weighted by Gasteiger charge is 2.09. The molecule has 120 valence electrons. The fourth-order valence-corrected chi connectivity index (χ4v) is 2.77. The molecule has 24 heavy (non-hydrogen) atoms. The number of nitrogens with one attached hydrogen (secondary N) is 1. The number of nitrogens with zero attached hydrogens (tertiary/aromatic N) is 2. The number of amides is 1. The van der Waals surface area contributed by atoms with Gasteiger partial charge in [0.2, 0.25) is 11.0 Å². The van der Waals surface area contributed by atoms with E-state index in [1.807, 2.05) is 54.6 Å². The maximum Gasteiger partial charge on any atom is 0.250 e. The zero-order chi connectivity index (χ0) is 16.8. The summed E-state index contributed by atoms with van der Waals surface area (Å²) in [5, 5.41) is 12.0. The Morgan fingerprint density at radius 3 is 2.75 bits per heavy atom. The molecule has 2 aromatic carbocycles. The Balaban J connectivity index is 1.67. The van der Waals surface area contributed by atoms with Gasteiger partial charge in [0.1, 0.15) is 10.8 Å².